The second kappa shape index (κ2) is 7.07. The zero-order valence-electron chi connectivity index (χ0n) is 14.6. The van der Waals surface area contributed by atoms with Gasteiger partial charge in [0.1, 0.15) is 11.3 Å². The molecular weight excluding hydrogens is 330 g/mol. The van der Waals surface area contributed by atoms with Gasteiger partial charge in [-0.25, -0.2) is 0 Å². The Bertz CT molecular complexity index is 888. The van der Waals surface area contributed by atoms with Crippen LogP contribution in [0.5, 0.6) is 5.75 Å². The molecule has 26 heavy (non-hydrogen) atoms. The molecule has 1 N–H and O–H groups in total. The summed E-state index contributed by atoms with van der Waals surface area (Å²) < 4.78 is 11.2. The van der Waals surface area contributed by atoms with Crippen LogP contribution in [0, 0.1) is 0 Å². The molecule has 6 heteroatoms. The highest BCUT2D eigenvalue weighted by Gasteiger charge is 2.29. The molecule has 1 aliphatic heterocycles. The monoisotopic (exact) mass is 351 g/mol. The molecule has 4 rings (SSSR count). The molecule has 134 valence electrons. The molecule has 0 saturated carbocycles. The van der Waals surface area contributed by atoms with Crippen LogP contribution in [0.3, 0.4) is 0 Å². The van der Waals surface area contributed by atoms with Gasteiger partial charge in [-0.05, 0) is 37.1 Å². The molecule has 1 fully saturated rings. The van der Waals surface area contributed by atoms with Gasteiger partial charge in [0.15, 0.2) is 5.58 Å². The van der Waals surface area contributed by atoms with E-state index in [0.29, 0.717) is 23.9 Å². The molecule has 2 heterocycles. The van der Waals surface area contributed by atoms with E-state index in [4.69, 9.17) is 9.15 Å². The summed E-state index contributed by atoms with van der Waals surface area (Å²) in [5, 5.41) is 3.02. The second-order valence-corrected chi connectivity index (χ2v) is 6.36. The third-order valence-electron chi connectivity index (χ3n) is 4.76. The second-order valence-electron chi connectivity index (χ2n) is 6.36. The Morgan fingerprint density at radius 1 is 1.27 bits per heavy atom. The first-order chi connectivity index (χ1) is 12.8. The number of oxazole rings is 1. The Morgan fingerprint density at radius 2 is 2.08 bits per heavy atom. The van der Waals surface area contributed by atoms with Gasteiger partial charge >= 0.3 is 0 Å². The van der Waals surface area contributed by atoms with E-state index >= 15 is 0 Å². The molecule has 0 aliphatic carbocycles. The highest BCUT2D eigenvalue weighted by Crippen LogP contribution is 2.28. The molecule has 2 aromatic carbocycles. The maximum atomic E-state index is 12.5. The number of carbonyl (C=O) groups excluding carboxylic acids is 1. The average molecular weight is 351 g/mol. The van der Waals surface area contributed by atoms with Crippen molar-refractivity contribution in [2.75, 3.05) is 25.1 Å². The summed E-state index contributed by atoms with van der Waals surface area (Å²) >= 11 is 0. The molecule has 1 unspecified atom stereocenters. The predicted octanol–water partition coefficient (Wildman–Crippen LogP) is 3.24. The van der Waals surface area contributed by atoms with Gasteiger partial charge < -0.3 is 19.4 Å². The van der Waals surface area contributed by atoms with E-state index in [2.05, 4.69) is 15.2 Å². The maximum absolute atomic E-state index is 12.5. The molecule has 1 saturated heterocycles. The van der Waals surface area contributed by atoms with Crippen molar-refractivity contribution in [3.63, 3.8) is 0 Å². The van der Waals surface area contributed by atoms with Crippen LogP contribution in [0.25, 0.3) is 11.1 Å². The summed E-state index contributed by atoms with van der Waals surface area (Å²) in [6.07, 6.45) is 2.04. The Labute approximate surface area is 151 Å². The minimum absolute atomic E-state index is 0.133. The number of rotatable bonds is 5. The van der Waals surface area contributed by atoms with Gasteiger partial charge in [0.2, 0.25) is 0 Å². The Hall–Kier alpha value is -3.02. The summed E-state index contributed by atoms with van der Waals surface area (Å²) in [4.78, 5) is 19.2. The fourth-order valence-electron chi connectivity index (χ4n) is 3.42. The number of benzene rings is 2. The molecule has 1 aromatic heterocycles. The van der Waals surface area contributed by atoms with Gasteiger partial charge in [-0.15, -0.1) is 0 Å². The van der Waals surface area contributed by atoms with Gasteiger partial charge in [0.05, 0.1) is 18.7 Å². The van der Waals surface area contributed by atoms with Crippen molar-refractivity contribution in [1.29, 1.82) is 0 Å². The summed E-state index contributed by atoms with van der Waals surface area (Å²) in [5.74, 6) is 0.444. The van der Waals surface area contributed by atoms with Gasteiger partial charge in [0.25, 0.3) is 11.9 Å². The van der Waals surface area contributed by atoms with Crippen molar-refractivity contribution in [1.82, 2.24) is 10.3 Å². The van der Waals surface area contributed by atoms with Gasteiger partial charge in [-0.2, -0.15) is 4.98 Å². The van der Waals surface area contributed by atoms with Crippen LogP contribution in [0.15, 0.2) is 52.9 Å². The van der Waals surface area contributed by atoms with Crippen LogP contribution in [-0.2, 0) is 0 Å². The number of nitrogens with one attached hydrogen (secondary N) is 1. The summed E-state index contributed by atoms with van der Waals surface area (Å²) in [5.41, 5.74) is 2.18. The maximum Gasteiger partial charge on any atom is 0.298 e. The number of fused-ring (bicyclic) bond motifs is 1. The lowest BCUT2D eigenvalue weighted by Gasteiger charge is -2.23. The van der Waals surface area contributed by atoms with E-state index in [9.17, 15) is 4.79 Å². The number of aromatic nitrogens is 1. The molecule has 6 nitrogen and oxygen atoms in total. The molecule has 3 aromatic rings. The number of methoxy groups -OCH3 is 1. The molecular formula is C20H21N3O3. The zero-order valence-corrected chi connectivity index (χ0v) is 14.6. The molecule has 0 spiro atoms. The lowest BCUT2D eigenvalue weighted by atomic mass is 10.1. The quantitative estimate of drug-likeness (QED) is 0.764. The molecule has 1 amide bonds. The summed E-state index contributed by atoms with van der Waals surface area (Å²) in [6, 6.07) is 15.8. The minimum Gasteiger partial charge on any atom is -0.496 e. The number of nitrogens with zero attached hydrogens (tertiary/aromatic N) is 2. The molecule has 1 aliphatic rings. The first-order valence-electron chi connectivity index (χ1n) is 8.79. The number of para-hydroxylation sites is 3. The largest absolute Gasteiger partial charge is 0.496 e. The highest BCUT2D eigenvalue weighted by molar-refractivity contribution is 5.96. The van der Waals surface area contributed by atoms with E-state index in [1.54, 1.807) is 19.2 Å². The number of hydrogen-bond acceptors (Lipinski definition) is 5. The van der Waals surface area contributed by atoms with Crippen LogP contribution in [0.2, 0.25) is 0 Å². The van der Waals surface area contributed by atoms with E-state index in [1.165, 1.54) is 0 Å². The third kappa shape index (κ3) is 3.10. The third-order valence-corrected chi connectivity index (χ3v) is 4.76. The molecule has 0 bridgehead atoms. The number of anilines is 1. The van der Waals surface area contributed by atoms with E-state index in [0.717, 1.165) is 30.5 Å². The van der Waals surface area contributed by atoms with Crippen LogP contribution < -0.4 is 15.0 Å². The Morgan fingerprint density at radius 3 is 2.92 bits per heavy atom. The van der Waals surface area contributed by atoms with Crippen molar-refractivity contribution in [3.05, 3.63) is 54.1 Å². The lowest BCUT2D eigenvalue weighted by molar-refractivity contribution is 0.0948. The average Bonchev–Trinajstić information content (AvgIpc) is 3.32. The van der Waals surface area contributed by atoms with Crippen molar-refractivity contribution in [2.45, 2.75) is 18.9 Å². The van der Waals surface area contributed by atoms with Crippen LogP contribution >= 0.6 is 0 Å². The standard InChI is InChI=1S/C20H21N3O3/c1-25-17-10-4-2-8-15(17)19(24)21-13-14-7-6-12-23(14)20-22-16-9-3-5-11-18(16)26-20/h2-5,8-11,14H,6-7,12-13H2,1H3,(H,21,24). The van der Waals surface area contributed by atoms with E-state index < -0.39 is 0 Å². The van der Waals surface area contributed by atoms with Crippen molar-refractivity contribution >= 4 is 23.0 Å². The number of carbonyl (C=O) groups is 1. The first-order valence-corrected chi connectivity index (χ1v) is 8.79. The van der Waals surface area contributed by atoms with E-state index in [-0.39, 0.29) is 11.9 Å². The number of hydrogen-bond donors (Lipinski definition) is 1. The summed E-state index contributed by atoms with van der Waals surface area (Å²) in [7, 11) is 1.57. The molecule has 0 radical (unpaired) electrons. The smallest absolute Gasteiger partial charge is 0.298 e. The predicted molar refractivity (Wildman–Crippen MR) is 99.7 cm³/mol. The highest BCUT2D eigenvalue weighted by atomic mass is 16.5. The van der Waals surface area contributed by atoms with Crippen LogP contribution in [0.1, 0.15) is 23.2 Å². The SMILES string of the molecule is COc1ccccc1C(=O)NCC1CCCN1c1nc2ccccc2o1. The Balaban J connectivity index is 1.46. The molecule has 1 atom stereocenters. The normalized spacial score (nSPS) is 16.8. The first kappa shape index (κ1) is 16.4. The fourth-order valence-corrected chi connectivity index (χ4v) is 3.42. The van der Waals surface area contributed by atoms with Gasteiger partial charge in [-0.3, -0.25) is 4.79 Å². The van der Waals surface area contributed by atoms with E-state index in [1.807, 2.05) is 36.4 Å². The summed E-state index contributed by atoms with van der Waals surface area (Å²) in [6.45, 7) is 1.41. The van der Waals surface area contributed by atoms with Gasteiger partial charge in [-0.1, -0.05) is 24.3 Å². The number of amides is 1. The topological polar surface area (TPSA) is 67.6 Å². The van der Waals surface area contributed by atoms with Crippen molar-refractivity contribution in [2.24, 2.45) is 0 Å². The van der Waals surface area contributed by atoms with Crippen molar-refractivity contribution in [3.8, 4) is 5.75 Å². The Kier molecular flexibility index (Phi) is 4.48. The van der Waals surface area contributed by atoms with Crippen molar-refractivity contribution < 1.29 is 13.9 Å². The van der Waals surface area contributed by atoms with Gasteiger partial charge in [0, 0.05) is 13.1 Å². The minimum atomic E-state index is -0.133. The van der Waals surface area contributed by atoms with Crippen LogP contribution in [-0.4, -0.2) is 37.1 Å². The number of ether oxygens (including phenoxy) is 1. The fraction of sp³-hybridized carbons (Fsp3) is 0.300. The lowest BCUT2D eigenvalue weighted by Crippen LogP contribution is -2.40. The zero-order chi connectivity index (χ0) is 17.9. The van der Waals surface area contributed by atoms with Crippen LogP contribution in [0.4, 0.5) is 6.01 Å².